The van der Waals surface area contributed by atoms with Crippen molar-refractivity contribution >= 4 is 17.2 Å². The standard InChI is InChI=1S/C10H14ClN3O/c1-14-10(9(15-2)6-13-14)7-3-8(11)5-12-4-7/h3,6,8,12H,4-5H2,1-2H3. The first-order valence-corrected chi connectivity index (χ1v) is 5.28. The third kappa shape index (κ3) is 2.01. The largest absolute Gasteiger partial charge is 0.493 e. The van der Waals surface area contributed by atoms with Gasteiger partial charge in [0.15, 0.2) is 5.75 Å². The van der Waals surface area contributed by atoms with E-state index in [1.54, 1.807) is 18.0 Å². The van der Waals surface area contributed by atoms with Crippen LogP contribution in [-0.2, 0) is 7.05 Å². The molecule has 2 heterocycles. The molecule has 0 aliphatic carbocycles. The predicted molar refractivity (Wildman–Crippen MR) is 60.2 cm³/mol. The number of ether oxygens (including phenoxy) is 1. The number of nitrogens with zero attached hydrogens (tertiary/aromatic N) is 2. The van der Waals surface area contributed by atoms with E-state index in [2.05, 4.69) is 16.5 Å². The highest BCUT2D eigenvalue weighted by Crippen LogP contribution is 2.26. The summed E-state index contributed by atoms with van der Waals surface area (Å²) in [6.07, 6.45) is 3.77. The SMILES string of the molecule is COc1cnn(C)c1C1=CC(Cl)CNC1. The van der Waals surface area contributed by atoms with Gasteiger partial charge < -0.3 is 10.1 Å². The quantitative estimate of drug-likeness (QED) is 0.767. The third-order valence-corrected chi connectivity index (χ3v) is 2.75. The summed E-state index contributed by atoms with van der Waals surface area (Å²) >= 11 is 6.07. The average Bonchev–Trinajstić information content (AvgIpc) is 2.59. The summed E-state index contributed by atoms with van der Waals surface area (Å²) < 4.78 is 7.07. The van der Waals surface area contributed by atoms with E-state index in [4.69, 9.17) is 16.3 Å². The molecule has 1 aromatic heterocycles. The van der Waals surface area contributed by atoms with E-state index >= 15 is 0 Å². The summed E-state index contributed by atoms with van der Waals surface area (Å²) in [5, 5.41) is 7.46. The highest BCUT2D eigenvalue weighted by molar-refractivity contribution is 6.22. The molecule has 1 aromatic rings. The molecular weight excluding hydrogens is 214 g/mol. The lowest BCUT2D eigenvalue weighted by molar-refractivity contribution is 0.412. The number of nitrogens with one attached hydrogen (secondary N) is 1. The van der Waals surface area contributed by atoms with Gasteiger partial charge in [0, 0.05) is 20.1 Å². The van der Waals surface area contributed by atoms with Crippen LogP contribution in [-0.4, -0.2) is 35.4 Å². The first-order valence-electron chi connectivity index (χ1n) is 4.84. The van der Waals surface area contributed by atoms with E-state index in [1.165, 1.54) is 0 Å². The molecule has 1 aliphatic rings. The van der Waals surface area contributed by atoms with Crippen molar-refractivity contribution in [2.24, 2.45) is 7.05 Å². The molecule has 1 aliphatic heterocycles. The third-order valence-electron chi connectivity index (χ3n) is 2.47. The Morgan fingerprint density at radius 1 is 1.67 bits per heavy atom. The maximum atomic E-state index is 6.07. The molecule has 0 saturated carbocycles. The van der Waals surface area contributed by atoms with Gasteiger partial charge in [-0.1, -0.05) is 6.08 Å². The van der Waals surface area contributed by atoms with Crippen LogP contribution >= 0.6 is 11.6 Å². The smallest absolute Gasteiger partial charge is 0.164 e. The van der Waals surface area contributed by atoms with Crippen LogP contribution in [0.2, 0.25) is 0 Å². The van der Waals surface area contributed by atoms with Crippen molar-refractivity contribution in [2.75, 3.05) is 20.2 Å². The fourth-order valence-corrected chi connectivity index (χ4v) is 2.04. The van der Waals surface area contributed by atoms with Gasteiger partial charge in [-0.25, -0.2) is 0 Å². The van der Waals surface area contributed by atoms with Crippen LogP contribution in [0.3, 0.4) is 0 Å². The first kappa shape index (κ1) is 10.5. The second-order valence-electron chi connectivity index (χ2n) is 3.52. The van der Waals surface area contributed by atoms with E-state index in [-0.39, 0.29) is 5.38 Å². The molecule has 0 amide bonds. The van der Waals surface area contributed by atoms with Crippen molar-refractivity contribution in [3.63, 3.8) is 0 Å². The van der Waals surface area contributed by atoms with Gasteiger partial charge in [0.1, 0.15) is 5.69 Å². The van der Waals surface area contributed by atoms with E-state index in [1.807, 2.05) is 7.05 Å². The molecule has 0 saturated heterocycles. The number of hydrogen-bond donors (Lipinski definition) is 1. The molecule has 0 aromatic carbocycles. The number of aryl methyl sites for hydroxylation is 1. The molecule has 0 fully saturated rings. The highest BCUT2D eigenvalue weighted by Gasteiger charge is 2.18. The molecule has 0 spiro atoms. The fourth-order valence-electron chi connectivity index (χ4n) is 1.78. The Balaban J connectivity index is 2.39. The number of aromatic nitrogens is 2. The molecule has 4 nitrogen and oxygen atoms in total. The first-order chi connectivity index (χ1) is 7.22. The van der Waals surface area contributed by atoms with Gasteiger partial charge in [-0.15, -0.1) is 11.6 Å². The molecule has 1 unspecified atom stereocenters. The molecule has 0 bridgehead atoms. The van der Waals surface area contributed by atoms with Gasteiger partial charge in [-0.3, -0.25) is 4.68 Å². The summed E-state index contributed by atoms with van der Waals surface area (Å²) in [7, 11) is 3.55. The van der Waals surface area contributed by atoms with Crippen LogP contribution in [0.15, 0.2) is 12.3 Å². The molecule has 1 atom stereocenters. The van der Waals surface area contributed by atoms with E-state index in [9.17, 15) is 0 Å². The van der Waals surface area contributed by atoms with Crippen molar-refractivity contribution in [1.82, 2.24) is 15.1 Å². The van der Waals surface area contributed by atoms with Crippen molar-refractivity contribution in [2.45, 2.75) is 5.38 Å². The van der Waals surface area contributed by atoms with Gasteiger partial charge in [0.2, 0.25) is 0 Å². The van der Waals surface area contributed by atoms with Crippen LogP contribution < -0.4 is 10.1 Å². The van der Waals surface area contributed by atoms with E-state index < -0.39 is 0 Å². The van der Waals surface area contributed by atoms with E-state index in [0.29, 0.717) is 0 Å². The zero-order valence-corrected chi connectivity index (χ0v) is 9.58. The van der Waals surface area contributed by atoms with Crippen LogP contribution in [0, 0.1) is 0 Å². The number of alkyl halides is 1. The number of rotatable bonds is 2. The molecule has 1 N–H and O–H groups in total. The zero-order chi connectivity index (χ0) is 10.8. The lowest BCUT2D eigenvalue weighted by atomic mass is 10.1. The Morgan fingerprint density at radius 3 is 3.13 bits per heavy atom. The minimum absolute atomic E-state index is 0.0355. The number of methoxy groups -OCH3 is 1. The van der Waals surface area contributed by atoms with Crippen LogP contribution in [0.1, 0.15) is 5.69 Å². The summed E-state index contributed by atoms with van der Waals surface area (Å²) in [6, 6.07) is 0. The second kappa shape index (κ2) is 4.24. The highest BCUT2D eigenvalue weighted by atomic mass is 35.5. The van der Waals surface area contributed by atoms with Crippen LogP contribution in [0.4, 0.5) is 0 Å². The lowest BCUT2D eigenvalue weighted by Gasteiger charge is -2.18. The van der Waals surface area contributed by atoms with Gasteiger partial charge in [0.05, 0.1) is 18.7 Å². The van der Waals surface area contributed by atoms with Gasteiger partial charge in [0.25, 0.3) is 0 Å². The van der Waals surface area contributed by atoms with Gasteiger partial charge in [-0.2, -0.15) is 5.10 Å². The molecular formula is C10H14ClN3O. The Bertz CT molecular complexity index is 386. The van der Waals surface area contributed by atoms with Crippen LogP contribution in [0.5, 0.6) is 5.75 Å². The molecule has 0 radical (unpaired) electrons. The minimum Gasteiger partial charge on any atom is -0.493 e. The predicted octanol–water partition coefficient (Wildman–Crippen LogP) is 1.02. The van der Waals surface area contributed by atoms with Crippen molar-refractivity contribution in [3.05, 3.63) is 18.0 Å². The van der Waals surface area contributed by atoms with Crippen molar-refractivity contribution in [1.29, 1.82) is 0 Å². The monoisotopic (exact) mass is 227 g/mol. The Labute approximate surface area is 93.9 Å². The minimum atomic E-state index is 0.0355. The zero-order valence-electron chi connectivity index (χ0n) is 8.83. The van der Waals surface area contributed by atoms with Crippen LogP contribution in [0.25, 0.3) is 5.57 Å². The van der Waals surface area contributed by atoms with E-state index in [0.717, 1.165) is 30.1 Å². The summed E-state index contributed by atoms with van der Waals surface area (Å²) in [5.41, 5.74) is 2.13. The molecule has 82 valence electrons. The second-order valence-corrected chi connectivity index (χ2v) is 4.08. The maximum Gasteiger partial charge on any atom is 0.164 e. The normalized spacial score (nSPS) is 21.3. The van der Waals surface area contributed by atoms with Crippen molar-refractivity contribution in [3.8, 4) is 5.75 Å². The molecule has 15 heavy (non-hydrogen) atoms. The Morgan fingerprint density at radius 2 is 2.47 bits per heavy atom. The molecule has 5 heteroatoms. The number of halogens is 1. The van der Waals surface area contributed by atoms with Gasteiger partial charge >= 0.3 is 0 Å². The summed E-state index contributed by atoms with van der Waals surface area (Å²) in [5.74, 6) is 0.788. The van der Waals surface area contributed by atoms with Crippen molar-refractivity contribution < 1.29 is 4.74 Å². The Kier molecular flexibility index (Phi) is 2.98. The summed E-state index contributed by atoms with van der Waals surface area (Å²) in [4.78, 5) is 0. The fraction of sp³-hybridized carbons (Fsp3) is 0.500. The average molecular weight is 228 g/mol. The summed E-state index contributed by atoms with van der Waals surface area (Å²) in [6.45, 7) is 1.62. The van der Waals surface area contributed by atoms with Gasteiger partial charge in [-0.05, 0) is 5.57 Å². The molecule has 2 rings (SSSR count). The Hall–Kier alpha value is -1.00. The number of hydrogen-bond acceptors (Lipinski definition) is 3. The lowest BCUT2D eigenvalue weighted by Crippen LogP contribution is -2.29. The topological polar surface area (TPSA) is 39.1 Å². The maximum absolute atomic E-state index is 6.07.